The van der Waals surface area contributed by atoms with Gasteiger partial charge in [0, 0.05) is 36.9 Å². The molecule has 10 heteroatoms. The van der Waals surface area contributed by atoms with Gasteiger partial charge in [-0.2, -0.15) is 0 Å². The summed E-state index contributed by atoms with van der Waals surface area (Å²) in [4.78, 5) is 12.1. The van der Waals surface area contributed by atoms with Crippen molar-refractivity contribution in [1.29, 1.82) is 0 Å². The zero-order valence-corrected chi connectivity index (χ0v) is 18.8. The molecule has 1 fully saturated rings. The van der Waals surface area contributed by atoms with Crippen molar-refractivity contribution >= 4 is 31.9 Å². The molecule has 2 aromatic carbocycles. The molecule has 1 saturated heterocycles. The normalized spacial score (nSPS) is 16.6. The Hall–Kier alpha value is -2.14. The number of nitrogens with zero attached hydrogens (tertiary/aromatic N) is 1. The predicted molar refractivity (Wildman–Crippen MR) is 113 cm³/mol. The molecule has 1 heterocycles. The van der Waals surface area contributed by atoms with E-state index in [1.54, 1.807) is 0 Å². The van der Waals surface area contributed by atoms with Crippen molar-refractivity contribution in [3.63, 3.8) is 0 Å². The van der Waals surface area contributed by atoms with Gasteiger partial charge < -0.3 is 9.47 Å². The van der Waals surface area contributed by atoms with Crippen LogP contribution >= 0.6 is 15.9 Å². The molecule has 2 N–H and O–H groups in total. The van der Waals surface area contributed by atoms with Crippen LogP contribution in [0.3, 0.4) is 0 Å². The average Bonchev–Trinajstić information content (AvgIpc) is 2.76. The van der Waals surface area contributed by atoms with Gasteiger partial charge in [0.15, 0.2) is 0 Å². The first-order valence-electron chi connectivity index (χ1n) is 9.28. The Morgan fingerprint density at radius 2 is 1.73 bits per heavy atom. The fraction of sp³-hybridized carbons (Fsp3) is 0.350. The van der Waals surface area contributed by atoms with Gasteiger partial charge in [0.2, 0.25) is 14.8 Å². The number of sulfone groups is 1. The van der Waals surface area contributed by atoms with Gasteiger partial charge in [0.1, 0.15) is 5.75 Å². The Morgan fingerprint density at radius 3 is 2.27 bits per heavy atom. The summed E-state index contributed by atoms with van der Waals surface area (Å²) in [6.07, 6.45) is -1.05. The molecule has 3 rings (SSSR count). The van der Waals surface area contributed by atoms with Crippen LogP contribution in [0.15, 0.2) is 57.9 Å². The molecule has 1 aliphatic rings. The summed E-state index contributed by atoms with van der Waals surface area (Å²) in [5.41, 5.74) is 2.47. The number of carbonyl (C=O) groups excluding carboxylic acids is 1. The highest BCUT2D eigenvalue weighted by Gasteiger charge is 2.50. The number of amides is 1. The molecule has 8 nitrogen and oxygen atoms in total. The maximum atomic E-state index is 13.4. The Bertz CT molecular complexity index is 971. The molecule has 0 unspecified atom stereocenters. The highest BCUT2D eigenvalue weighted by atomic mass is 79.9. The topological polar surface area (TPSA) is 105 Å². The van der Waals surface area contributed by atoms with E-state index in [0.717, 1.165) is 10.0 Å². The number of nitrogens with one attached hydrogen (secondary N) is 1. The van der Waals surface area contributed by atoms with Crippen molar-refractivity contribution in [3.8, 4) is 5.75 Å². The minimum atomic E-state index is -4.04. The number of hydrogen-bond acceptors (Lipinski definition) is 7. The SMILES string of the molecule is COc1ccc(S(=O)(=O)C2(OC(=O)NO)CCN(Cc3ccc(Br)cc3)CC2)cc1. The lowest BCUT2D eigenvalue weighted by Gasteiger charge is -2.40. The molecule has 0 saturated carbocycles. The van der Waals surface area contributed by atoms with Crippen molar-refractivity contribution < 1.29 is 27.9 Å². The molecule has 0 aromatic heterocycles. The molecule has 0 bridgehead atoms. The molecule has 1 aliphatic heterocycles. The van der Waals surface area contributed by atoms with E-state index in [1.165, 1.54) is 36.9 Å². The molecule has 0 atom stereocenters. The van der Waals surface area contributed by atoms with E-state index in [2.05, 4.69) is 20.8 Å². The van der Waals surface area contributed by atoms with Gasteiger partial charge in [-0.25, -0.2) is 18.7 Å². The van der Waals surface area contributed by atoms with E-state index in [4.69, 9.17) is 14.7 Å². The second-order valence-corrected chi connectivity index (χ2v) is 10.1. The van der Waals surface area contributed by atoms with Crippen LogP contribution < -0.4 is 10.2 Å². The van der Waals surface area contributed by atoms with Crippen molar-refractivity contribution in [2.24, 2.45) is 0 Å². The summed E-state index contributed by atoms with van der Waals surface area (Å²) >= 11 is 3.41. The van der Waals surface area contributed by atoms with Crippen LogP contribution in [-0.2, 0) is 21.1 Å². The number of hydroxylamine groups is 1. The third kappa shape index (κ3) is 4.77. The van der Waals surface area contributed by atoms with Crippen LogP contribution in [0.4, 0.5) is 4.79 Å². The highest BCUT2D eigenvalue weighted by molar-refractivity contribution is 9.10. The molecule has 0 aliphatic carbocycles. The maximum absolute atomic E-state index is 13.4. The van der Waals surface area contributed by atoms with E-state index in [1.807, 2.05) is 24.3 Å². The zero-order chi connectivity index (χ0) is 21.8. The third-order valence-corrected chi connectivity index (χ3v) is 8.06. The second kappa shape index (κ2) is 9.34. The number of ether oxygens (including phenoxy) is 2. The summed E-state index contributed by atoms with van der Waals surface area (Å²) in [6, 6.07) is 13.8. The number of benzene rings is 2. The number of likely N-dealkylation sites (tertiary alicyclic amines) is 1. The van der Waals surface area contributed by atoms with Crippen molar-refractivity contribution in [3.05, 3.63) is 58.6 Å². The molecular formula is C20H23BrN2O6S. The quantitative estimate of drug-likeness (QED) is 0.464. The van der Waals surface area contributed by atoms with Crippen molar-refractivity contribution in [2.45, 2.75) is 29.2 Å². The lowest BCUT2D eigenvalue weighted by molar-refractivity contribution is 0.000287. The number of piperidine rings is 1. The van der Waals surface area contributed by atoms with Crippen LogP contribution in [0.1, 0.15) is 18.4 Å². The van der Waals surface area contributed by atoms with Crippen LogP contribution in [-0.4, -0.2) is 49.8 Å². The maximum Gasteiger partial charge on any atom is 0.432 e. The van der Waals surface area contributed by atoms with Crippen LogP contribution in [0.5, 0.6) is 5.75 Å². The lowest BCUT2D eigenvalue weighted by atomic mass is 10.1. The molecule has 162 valence electrons. The van der Waals surface area contributed by atoms with E-state index in [0.29, 0.717) is 25.4 Å². The van der Waals surface area contributed by atoms with Crippen molar-refractivity contribution in [2.75, 3.05) is 20.2 Å². The minimum Gasteiger partial charge on any atom is -0.497 e. The molecule has 30 heavy (non-hydrogen) atoms. The number of halogens is 1. The minimum absolute atomic E-state index is 0.0235. The first-order chi connectivity index (χ1) is 14.3. The zero-order valence-electron chi connectivity index (χ0n) is 16.4. The predicted octanol–water partition coefficient (Wildman–Crippen LogP) is 3.34. The Labute approximate surface area is 183 Å². The van der Waals surface area contributed by atoms with Gasteiger partial charge in [0.05, 0.1) is 12.0 Å². The van der Waals surface area contributed by atoms with E-state index in [-0.39, 0.29) is 17.7 Å². The van der Waals surface area contributed by atoms with Gasteiger partial charge in [-0.05, 0) is 42.0 Å². The standard InChI is InChI=1S/C20H23BrN2O6S/c1-28-17-6-8-18(9-7-17)30(26,27)20(29-19(24)22-25)10-12-23(13-11-20)14-15-2-4-16(21)5-3-15/h2-9,25H,10-14H2,1H3,(H,22,24). The van der Waals surface area contributed by atoms with Gasteiger partial charge >= 0.3 is 6.09 Å². The molecule has 2 aromatic rings. The number of rotatable bonds is 6. The third-order valence-electron chi connectivity index (χ3n) is 5.17. The summed E-state index contributed by atoms with van der Waals surface area (Å²) in [5.74, 6) is 0.515. The molecule has 0 spiro atoms. The van der Waals surface area contributed by atoms with Gasteiger partial charge in [0.25, 0.3) is 0 Å². The largest absolute Gasteiger partial charge is 0.497 e. The van der Waals surface area contributed by atoms with Gasteiger partial charge in [-0.3, -0.25) is 10.1 Å². The van der Waals surface area contributed by atoms with E-state index in [9.17, 15) is 13.2 Å². The second-order valence-electron chi connectivity index (χ2n) is 6.99. The van der Waals surface area contributed by atoms with Gasteiger partial charge in [-0.15, -0.1) is 0 Å². The number of methoxy groups -OCH3 is 1. The summed E-state index contributed by atoms with van der Waals surface area (Å²) in [7, 11) is -2.55. The highest BCUT2D eigenvalue weighted by Crippen LogP contribution is 2.37. The van der Waals surface area contributed by atoms with E-state index < -0.39 is 20.9 Å². The Kier molecular flexibility index (Phi) is 7.02. The first kappa shape index (κ1) is 22.5. The smallest absolute Gasteiger partial charge is 0.432 e. The molecule has 1 amide bonds. The average molecular weight is 499 g/mol. The summed E-state index contributed by atoms with van der Waals surface area (Å²) < 4.78 is 38.2. The Morgan fingerprint density at radius 1 is 1.13 bits per heavy atom. The summed E-state index contributed by atoms with van der Waals surface area (Å²) in [5, 5.41) is 8.90. The van der Waals surface area contributed by atoms with Crippen molar-refractivity contribution in [1.82, 2.24) is 10.4 Å². The van der Waals surface area contributed by atoms with Crippen LogP contribution in [0, 0.1) is 0 Å². The fourth-order valence-corrected chi connectivity index (χ4v) is 5.58. The first-order valence-corrected chi connectivity index (χ1v) is 11.6. The molecular weight excluding hydrogens is 476 g/mol. The number of carbonyl (C=O) groups is 1. The lowest BCUT2D eigenvalue weighted by Crippen LogP contribution is -2.52. The van der Waals surface area contributed by atoms with Crippen LogP contribution in [0.2, 0.25) is 0 Å². The van der Waals surface area contributed by atoms with Crippen LogP contribution in [0.25, 0.3) is 0 Å². The molecule has 0 radical (unpaired) electrons. The van der Waals surface area contributed by atoms with Gasteiger partial charge in [-0.1, -0.05) is 28.1 Å². The monoisotopic (exact) mass is 498 g/mol. The fourth-order valence-electron chi connectivity index (χ4n) is 3.49. The summed E-state index contributed by atoms with van der Waals surface area (Å²) in [6.45, 7) is 1.46. The van der Waals surface area contributed by atoms with E-state index >= 15 is 0 Å². The number of hydrogen-bond donors (Lipinski definition) is 2. The Balaban J connectivity index is 1.82.